The Morgan fingerprint density at radius 1 is 1.58 bits per heavy atom. The summed E-state index contributed by atoms with van der Waals surface area (Å²) in [4.78, 5) is 0. The predicted octanol–water partition coefficient (Wildman–Crippen LogP) is 0.428. The Morgan fingerprint density at radius 2 is 2.25 bits per heavy atom. The van der Waals surface area contributed by atoms with E-state index < -0.39 is 0 Å². The van der Waals surface area contributed by atoms with Crippen molar-refractivity contribution in [1.82, 2.24) is 4.57 Å². The van der Waals surface area contributed by atoms with Crippen LogP contribution in [-0.4, -0.2) is 16.3 Å². The van der Waals surface area contributed by atoms with Crippen LogP contribution in [-0.2, 0) is 13.6 Å². The van der Waals surface area contributed by atoms with Crippen molar-refractivity contribution < 1.29 is 9.67 Å². The number of imidazole rings is 1. The van der Waals surface area contributed by atoms with Crippen molar-refractivity contribution >= 4 is 0 Å². The molecule has 0 spiro atoms. The molecule has 0 aromatic carbocycles. The number of aliphatic hydroxyl groups excluding tert-OH is 1. The largest absolute Gasteiger partial charge is 0.392 e. The molecule has 1 aromatic heterocycles. The van der Waals surface area contributed by atoms with E-state index in [1.807, 2.05) is 19.4 Å². The van der Waals surface area contributed by atoms with Crippen LogP contribution in [0.1, 0.15) is 25.6 Å². The third kappa shape index (κ3) is 1.67. The molecule has 0 saturated heterocycles. The Labute approximate surface area is 73.3 Å². The summed E-state index contributed by atoms with van der Waals surface area (Å²) >= 11 is 0. The second-order valence-electron chi connectivity index (χ2n) is 3.34. The average molecular weight is 169 g/mol. The highest BCUT2D eigenvalue weighted by Gasteiger charge is 2.16. The molecule has 0 fully saturated rings. The lowest BCUT2D eigenvalue weighted by atomic mass is 10.2. The lowest BCUT2D eigenvalue weighted by molar-refractivity contribution is -0.680. The second-order valence-corrected chi connectivity index (χ2v) is 3.34. The molecule has 12 heavy (non-hydrogen) atoms. The van der Waals surface area contributed by atoms with Crippen LogP contribution < -0.4 is 4.57 Å². The Balaban J connectivity index is 2.95. The number of hydrogen-bond acceptors (Lipinski definition) is 1. The minimum atomic E-state index is 0.203. The lowest BCUT2D eigenvalue weighted by Gasteiger charge is -2.03. The van der Waals surface area contributed by atoms with E-state index in [2.05, 4.69) is 23.0 Å². The van der Waals surface area contributed by atoms with Gasteiger partial charge < -0.3 is 5.11 Å². The molecule has 0 saturated carbocycles. The number of aliphatic hydroxyl groups is 1. The topological polar surface area (TPSA) is 29.0 Å². The molecule has 0 radical (unpaired) electrons. The molecule has 68 valence electrons. The van der Waals surface area contributed by atoms with E-state index in [0.29, 0.717) is 12.5 Å². The van der Waals surface area contributed by atoms with Crippen molar-refractivity contribution in [1.29, 1.82) is 0 Å². The van der Waals surface area contributed by atoms with Gasteiger partial charge in [-0.2, -0.15) is 0 Å². The molecule has 3 heteroatoms. The van der Waals surface area contributed by atoms with Gasteiger partial charge in [-0.1, -0.05) is 13.8 Å². The number of hydrogen-bond donors (Lipinski definition) is 1. The molecule has 1 aromatic rings. The second kappa shape index (κ2) is 3.72. The highest BCUT2D eigenvalue weighted by Crippen LogP contribution is 2.09. The molecule has 0 aliphatic rings. The van der Waals surface area contributed by atoms with Crippen LogP contribution in [0.15, 0.2) is 12.4 Å². The van der Waals surface area contributed by atoms with Crippen LogP contribution in [0, 0.1) is 0 Å². The fourth-order valence-electron chi connectivity index (χ4n) is 1.57. The van der Waals surface area contributed by atoms with E-state index in [0.717, 1.165) is 0 Å². The maximum atomic E-state index is 8.81. The molecule has 1 heterocycles. The van der Waals surface area contributed by atoms with Gasteiger partial charge >= 0.3 is 0 Å². The van der Waals surface area contributed by atoms with Gasteiger partial charge in [-0.05, 0) is 0 Å². The Bertz CT molecular complexity index is 253. The summed E-state index contributed by atoms with van der Waals surface area (Å²) in [6.07, 6.45) is 4.02. The fraction of sp³-hybridized carbons (Fsp3) is 0.667. The third-order valence-corrected chi connectivity index (χ3v) is 1.98. The van der Waals surface area contributed by atoms with E-state index in [9.17, 15) is 0 Å². The van der Waals surface area contributed by atoms with Crippen molar-refractivity contribution in [2.24, 2.45) is 7.05 Å². The molecule has 1 rings (SSSR count). The number of nitrogens with zero attached hydrogens (tertiary/aromatic N) is 2. The Morgan fingerprint density at radius 3 is 2.75 bits per heavy atom. The maximum Gasteiger partial charge on any atom is 0.258 e. The van der Waals surface area contributed by atoms with Gasteiger partial charge in [0.2, 0.25) is 0 Å². The van der Waals surface area contributed by atoms with E-state index >= 15 is 0 Å². The van der Waals surface area contributed by atoms with Crippen LogP contribution in [0.3, 0.4) is 0 Å². The molecular weight excluding hydrogens is 152 g/mol. The number of aromatic nitrogens is 2. The smallest absolute Gasteiger partial charge is 0.258 e. The quantitative estimate of drug-likeness (QED) is 0.653. The fourth-order valence-corrected chi connectivity index (χ4v) is 1.57. The third-order valence-electron chi connectivity index (χ3n) is 1.98. The van der Waals surface area contributed by atoms with Crippen LogP contribution in [0.2, 0.25) is 0 Å². The van der Waals surface area contributed by atoms with Gasteiger partial charge in [0.25, 0.3) is 5.82 Å². The first-order valence-electron chi connectivity index (χ1n) is 4.32. The summed E-state index contributed by atoms with van der Waals surface area (Å²) in [6, 6.07) is 0. The number of rotatable bonds is 3. The standard InChI is InChI=1S/C9H17N2O/c1-8(2)9-10(3)4-5-11(9)6-7-12/h4-5,8,12H,6-7H2,1-3H3/q+1. The first-order chi connectivity index (χ1) is 5.66. The van der Waals surface area contributed by atoms with Gasteiger partial charge in [-0.3, -0.25) is 0 Å². The summed E-state index contributed by atoms with van der Waals surface area (Å²) in [5, 5.41) is 8.81. The summed E-state index contributed by atoms with van der Waals surface area (Å²) < 4.78 is 4.19. The van der Waals surface area contributed by atoms with Gasteiger partial charge in [0, 0.05) is 0 Å². The summed E-state index contributed by atoms with van der Waals surface area (Å²) in [5.74, 6) is 1.75. The Kier molecular flexibility index (Phi) is 2.87. The molecule has 0 atom stereocenters. The van der Waals surface area contributed by atoms with Gasteiger partial charge in [-0.25, -0.2) is 9.13 Å². The van der Waals surface area contributed by atoms with Crippen molar-refractivity contribution in [3.63, 3.8) is 0 Å². The van der Waals surface area contributed by atoms with E-state index in [4.69, 9.17) is 5.11 Å². The zero-order valence-corrected chi connectivity index (χ0v) is 7.99. The van der Waals surface area contributed by atoms with Crippen molar-refractivity contribution in [3.05, 3.63) is 18.2 Å². The van der Waals surface area contributed by atoms with E-state index in [1.54, 1.807) is 0 Å². The molecule has 3 nitrogen and oxygen atoms in total. The minimum Gasteiger partial charge on any atom is -0.392 e. The van der Waals surface area contributed by atoms with Crippen LogP contribution in [0.4, 0.5) is 0 Å². The predicted molar refractivity (Wildman–Crippen MR) is 46.8 cm³/mol. The van der Waals surface area contributed by atoms with Crippen LogP contribution >= 0.6 is 0 Å². The normalized spacial score (nSPS) is 11.1. The average Bonchev–Trinajstić information content (AvgIpc) is 2.32. The van der Waals surface area contributed by atoms with Crippen molar-refractivity contribution in [3.8, 4) is 0 Å². The van der Waals surface area contributed by atoms with E-state index in [-0.39, 0.29) is 6.61 Å². The van der Waals surface area contributed by atoms with E-state index in [1.165, 1.54) is 5.82 Å². The first-order valence-corrected chi connectivity index (χ1v) is 4.32. The molecule has 0 bridgehead atoms. The summed E-state index contributed by atoms with van der Waals surface area (Å²) in [6.45, 7) is 5.20. The molecule has 0 aliphatic heterocycles. The monoisotopic (exact) mass is 169 g/mol. The zero-order valence-electron chi connectivity index (χ0n) is 7.99. The zero-order chi connectivity index (χ0) is 9.14. The SMILES string of the molecule is CC(C)c1n(CCO)cc[n+]1C. The molecular formula is C9H17N2O+. The van der Waals surface area contributed by atoms with Gasteiger partial charge in [0.1, 0.15) is 18.9 Å². The molecule has 1 N–H and O–H groups in total. The molecule has 0 amide bonds. The minimum absolute atomic E-state index is 0.203. The van der Waals surface area contributed by atoms with Crippen molar-refractivity contribution in [2.75, 3.05) is 6.61 Å². The maximum absolute atomic E-state index is 8.81. The van der Waals surface area contributed by atoms with Crippen molar-refractivity contribution in [2.45, 2.75) is 26.3 Å². The van der Waals surface area contributed by atoms with Crippen LogP contribution in [0.25, 0.3) is 0 Å². The summed E-state index contributed by atoms with van der Waals surface area (Å²) in [5.41, 5.74) is 0. The summed E-state index contributed by atoms with van der Waals surface area (Å²) in [7, 11) is 2.03. The molecule has 0 aliphatic carbocycles. The number of aryl methyl sites for hydroxylation is 1. The van der Waals surface area contributed by atoms with Gasteiger partial charge in [0.15, 0.2) is 0 Å². The molecule has 0 unspecified atom stereocenters. The first kappa shape index (κ1) is 9.26. The van der Waals surface area contributed by atoms with Gasteiger partial charge in [-0.15, -0.1) is 0 Å². The van der Waals surface area contributed by atoms with Gasteiger partial charge in [0.05, 0.1) is 19.6 Å². The van der Waals surface area contributed by atoms with Crippen LogP contribution in [0.5, 0.6) is 0 Å². The highest BCUT2D eigenvalue weighted by atomic mass is 16.3. The Hall–Kier alpha value is -0.830. The lowest BCUT2D eigenvalue weighted by Crippen LogP contribution is -2.33. The highest BCUT2D eigenvalue weighted by molar-refractivity contribution is 4.89.